The van der Waals surface area contributed by atoms with Crippen molar-refractivity contribution >= 4 is 34.3 Å². The minimum Gasteiger partial charge on any atom is -0.423 e. The van der Waals surface area contributed by atoms with Gasteiger partial charge in [0.05, 0.1) is 0 Å². The summed E-state index contributed by atoms with van der Waals surface area (Å²) < 4.78 is 7.40. The molecule has 0 fully saturated rings. The molecule has 0 bridgehead atoms. The van der Waals surface area contributed by atoms with E-state index in [0.29, 0.717) is 16.4 Å². The van der Waals surface area contributed by atoms with Crippen LogP contribution in [-0.2, 0) is 12.3 Å². The summed E-state index contributed by atoms with van der Waals surface area (Å²) in [7, 11) is 0. The van der Waals surface area contributed by atoms with E-state index in [-0.39, 0.29) is 5.63 Å². The predicted molar refractivity (Wildman–Crippen MR) is 113 cm³/mol. The van der Waals surface area contributed by atoms with E-state index in [9.17, 15) is 4.79 Å². The smallest absolute Gasteiger partial charge is 0.336 e. The Hall–Kier alpha value is -2.57. The van der Waals surface area contributed by atoms with E-state index >= 15 is 0 Å². The van der Waals surface area contributed by atoms with Gasteiger partial charge in [-0.3, -0.25) is 0 Å². The van der Waals surface area contributed by atoms with Crippen molar-refractivity contribution in [2.24, 2.45) is 0 Å². The summed E-state index contributed by atoms with van der Waals surface area (Å²) in [5, 5.41) is 11.2. The van der Waals surface area contributed by atoms with E-state index in [2.05, 4.69) is 21.7 Å². The van der Waals surface area contributed by atoms with Gasteiger partial charge in [0.25, 0.3) is 0 Å². The number of thioether (sulfide) groups is 1. The van der Waals surface area contributed by atoms with Crippen LogP contribution in [0.25, 0.3) is 22.4 Å². The van der Waals surface area contributed by atoms with Crippen molar-refractivity contribution in [3.05, 3.63) is 75.1 Å². The Bertz CT molecular complexity index is 1200. The number of hydrogen-bond acceptors (Lipinski definition) is 5. The third kappa shape index (κ3) is 3.70. The van der Waals surface area contributed by atoms with Crippen LogP contribution in [0.1, 0.15) is 18.1 Å². The molecule has 0 spiro atoms. The normalized spacial score (nSPS) is 11.2. The molecule has 0 atom stereocenters. The number of fused-ring (bicyclic) bond motifs is 1. The van der Waals surface area contributed by atoms with Gasteiger partial charge in [-0.15, -0.1) is 10.2 Å². The van der Waals surface area contributed by atoms with Crippen LogP contribution in [-0.4, -0.2) is 14.8 Å². The third-order valence-electron chi connectivity index (χ3n) is 4.48. The first-order chi connectivity index (χ1) is 13.5. The van der Waals surface area contributed by atoms with Crippen LogP contribution in [0.3, 0.4) is 0 Å². The van der Waals surface area contributed by atoms with Crippen molar-refractivity contribution in [1.29, 1.82) is 0 Å². The fourth-order valence-corrected chi connectivity index (χ4v) is 4.21. The van der Waals surface area contributed by atoms with Gasteiger partial charge < -0.3 is 8.98 Å². The Balaban J connectivity index is 1.65. The number of nitrogens with zero attached hydrogens (tertiary/aromatic N) is 3. The first-order valence-corrected chi connectivity index (χ1v) is 10.3. The van der Waals surface area contributed by atoms with Gasteiger partial charge in [-0.05, 0) is 55.3 Å². The van der Waals surface area contributed by atoms with Gasteiger partial charge in [-0.2, -0.15) is 0 Å². The van der Waals surface area contributed by atoms with Crippen molar-refractivity contribution < 1.29 is 4.42 Å². The maximum Gasteiger partial charge on any atom is 0.336 e. The third-order valence-corrected chi connectivity index (χ3v) is 5.75. The molecular formula is C21H18ClN3O2S. The molecule has 2 heterocycles. The number of aromatic nitrogens is 3. The lowest BCUT2D eigenvalue weighted by Crippen LogP contribution is -2.02. The molecule has 0 N–H and O–H groups in total. The van der Waals surface area contributed by atoms with Gasteiger partial charge in [0.15, 0.2) is 11.0 Å². The van der Waals surface area contributed by atoms with Crippen molar-refractivity contribution in [2.45, 2.75) is 31.3 Å². The number of hydrogen-bond donors (Lipinski definition) is 0. The standard InChI is InChI=1S/C21H18ClN3O2S/c1-3-25-20(14-5-7-16(22)8-6-14)23-24-21(25)28-12-15-11-19(26)27-18-10-13(2)4-9-17(15)18/h4-11H,3,12H2,1-2H3. The summed E-state index contributed by atoms with van der Waals surface area (Å²) in [6, 6.07) is 15.0. The number of rotatable bonds is 5. The Morgan fingerprint density at radius 1 is 1.11 bits per heavy atom. The Kier molecular flexibility index (Phi) is 5.24. The van der Waals surface area contributed by atoms with Crippen LogP contribution < -0.4 is 5.63 Å². The molecule has 2 aromatic heterocycles. The second-order valence-corrected chi connectivity index (χ2v) is 7.82. The van der Waals surface area contributed by atoms with Crippen molar-refractivity contribution in [3.63, 3.8) is 0 Å². The second-order valence-electron chi connectivity index (χ2n) is 6.44. The highest BCUT2D eigenvalue weighted by molar-refractivity contribution is 7.98. The molecule has 0 unspecified atom stereocenters. The zero-order valence-electron chi connectivity index (χ0n) is 15.5. The van der Waals surface area contributed by atoms with Gasteiger partial charge in [-0.1, -0.05) is 35.5 Å². The molecule has 142 valence electrons. The topological polar surface area (TPSA) is 60.9 Å². The molecule has 0 radical (unpaired) electrons. The average molecular weight is 412 g/mol. The SMILES string of the molecule is CCn1c(SCc2cc(=O)oc3cc(C)ccc23)nnc1-c1ccc(Cl)cc1. The highest BCUT2D eigenvalue weighted by Gasteiger charge is 2.14. The lowest BCUT2D eigenvalue weighted by Gasteiger charge is -2.08. The summed E-state index contributed by atoms with van der Waals surface area (Å²) in [6.45, 7) is 4.77. The van der Waals surface area contributed by atoms with Crippen molar-refractivity contribution in [2.75, 3.05) is 0 Å². The van der Waals surface area contributed by atoms with E-state index in [1.165, 1.54) is 0 Å². The van der Waals surface area contributed by atoms with E-state index in [0.717, 1.165) is 39.6 Å². The van der Waals surface area contributed by atoms with Crippen LogP contribution in [0.4, 0.5) is 0 Å². The molecule has 0 aliphatic heterocycles. The first-order valence-electron chi connectivity index (χ1n) is 8.90. The average Bonchev–Trinajstić information content (AvgIpc) is 3.09. The minimum atomic E-state index is -0.340. The summed E-state index contributed by atoms with van der Waals surface area (Å²) in [5.41, 5.74) is 3.22. The van der Waals surface area contributed by atoms with Crippen LogP contribution >= 0.6 is 23.4 Å². The molecule has 0 aliphatic rings. The van der Waals surface area contributed by atoms with Gasteiger partial charge in [0, 0.05) is 34.3 Å². The lowest BCUT2D eigenvalue weighted by molar-refractivity contribution is 0.559. The monoisotopic (exact) mass is 411 g/mol. The molecule has 28 heavy (non-hydrogen) atoms. The predicted octanol–water partition coefficient (Wildman–Crippen LogP) is 5.33. The minimum absolute atomic E-state index is 0.340. The molecule has 7 heteroatoms. The Labute approximate surface area is 171 Å². The van der Waals surface area contributed by atoms with Crippen molar-refractivity contribution in [3.8, 4) is 11.4 Å². The van der Waals surface area contributed by atoms with Crippen LogP contribution in [0, 0.1) is 6.92 Å². The lowest BCUT2D eigenvalue weighted by atomic mass is 10.1. The number of halogens is 1. The molecule has 0 amide bonds. The molecule has 4 aromatic rings. The fraction of sp³-hybridized carbons (Fsp3) is 0.190. The van der Waals surface area contributed by atoms with E-state index in [1.807, 2.05) is 49.4 Å². The van der Waals surface area contributed by atoms with E-state index in [1.54, 1.807) is 17.8 Å². The van der Waals surface area contributed by atoms with Crippen molar-refractivity contribution in [1.82, 2.24) is 14.8 Å². The summed E-state index contributed by atoms with van der Waals surface area (Å²) in [4.78, 5) is 11.9. The molecule has 0 saturated heterocycles. The maximum atomic E-state index is 11.9. The number of benzene rings is 2. The fourth-order valence-electron chi connectivity index (χ4n) is 3.09. The van der Waals surface area contributed by atoms with Gasteiger partial charge >= 0.3 is 5.63 Å². The van der Waals surface area contributed by atoms with Gasteiger partial charge in [0.1, 0.15) is 5.58 Å². The molecule has 2 aromatic carbocycles. The van der Waals surface area contributed by atoms with Crippen LogP contribution in [0.15, 0.2) is 62.9 Å². The molecule has 0 aliphatic carbocycles. The number of aryl methyl sites for hydroxylation is 1. The second kappa shape index (κ2) is 7.81. The molecule has 4 rings (SSSR count). The summed E-state index contributed by atoms with van der Waals surface area (Å²) in [6.07, 6.45) is 0. The zero-order valence-corrected chi connectivity index (χ0v) is 17.0. The molecular weight excluding hydrogens is 394 g/mol. The Morgan fingerprint density at radius 3 is 2.64 bits per heavy atom. The Morgan fingerprint density at radius 2 is 1.89 bits per heavy atom. The van der Waals surface area contributed by atoms with Gasteiger partial charge in [0.2, 0.25) is 0 Å². The largest absolute Gasteiger partial charge is 0.423 e. The quantitative estimate of drug-likeness (QED) is 0.328. The van der Waals surface area contributed by atoms with Gasteiger partial charge in [-0.25, -0.2) is 4.79 Å². The molecule has 0 saturated carbocycles. The highest BCUT2D eigenvalue weighted by Crippen LogP contribution is 2.29. The molecule has 5 nitrogen and oxygen atoms in total. The van der Waals surface area contributed by atoms with Crippen LogP contribution in [0.5, 0.6) is 0 Å². The maximum absolute atomic E-state index is 11.9. The van der Waals surface area contributed by atoms with E-state index in [4.69, 9.17) is 16.0 Å². The summed E-state index contributed by atoms with van der Waals surface area (Å²) in [5.74, 6) is 1.40. The van der Waals surface area contributed by atoms with Crippen LogP contribution in [0.2, 0.25) is 5.02 Å². The van der Waals surface area contributed by atoms with E-state index < -0.39 is 0 Å². The summed E-state index contributed by atoms with van der Waals surface area (Å²) >= 11 is 7.54. The zero-order chi connectivity index (χ0) is 19.7. The first kappa shape index (κ1) is 18.8. The highest BCUT2D eigenvalue weighted by atomic mass is 35.5.